The fourth-order valence-corrected chi connectivity index (χ4v) is 7.40. The zero-order valence-electron chi connectivity index (χ0n) is 24.4. The van der Waals surface area contributed by atoms with E-state index in [-0.39, 0.29) is 0 Å². The molecule has 1 aliphatic carbocycles. The van der Waals surface area contributed by atoms with Crippen LogP contribution in [0.3, 0.4) is 0 Å². The van der Waals surface area contributed by atoms with Gasteiger partial charge in [-0.1, -0.05) is 91.0 Å². The molecule has 0 spiro atoms. The minimum Gasteiger partial charge on any atom is -0.456 e. The highest BCUT2D eigenvalue weighted by Crippen LogP contribution is 2.40. The molecule has 3 heteroatoms. The van der Waals surface area contributed by atoms with E-state index in [9.17, 15) is 0 Å². The van der Waals surface area contributed by atoms with Crippen LogP contribution in [0.5, 0.6) is 0 Å². The van der Waals surface area contributed by atoms with Crippen molar-refractivity contribution in [2.75, 3.05) is 0 Å². The predicted octanol–water partition coefficient (Wildman–Crippen LogP) is 11.4. The normalized spacial score (nSPS) is 14.7. The number of para-hydroxylation sites is 3. The van der Waals surface area contributed by atoms with Crippen LogP contribution >= 0.6 is 0 Å². The molecule has 9 aromatic rings. The Bertz CT molecular complexity index is 2630. The monoisotopic (exact) mass is 577 g/mol. The minimum absolute atomic E-state index is 0.311. The molecule has 6 aromatic carbocycles. The van der Waals surface area contributed by atoms with Crippen molar-refractivity contribution in [3.05, 3.63) is 156 Å². The van der Waals surface area contributed by atoms with Crippen molar-refractivity contribution in [3.8, 4) is 16.8 Å². The maximum atomic E-state index is 6.13. The molecule has 0 saturated carbocycles. The number of benzene rings is 6. The third kappa shape index (κ3) is 3.71. The highest BCUT2D eigenvalue weighted by Gasteiger charge is 2.24. The zero-order chi connectivity index (χ0) is 29.5. The fraction of sp³-hybridized carbons (Fsp3) is 0.0476. The number of furan rings is 2. The molecule has 0 bridgehead atoms. The van der Waals surface area contributed by atoms with Gasteiger partial charge in [-0.2, -0.15) is 0 Å². The van der Waals surface area contributed by atoms with Gasteiger partial charge in [0.15, 0.2) is 0 Å². The van der Waals surface area contributed by atoms with Gasteiger partial charge in [0.2, 0.25) is 0 Å². The SMILES string of the molecule is C1=CC(c2ccc(-c3ccc4oc5ccccc5c4c3)cc2)Cc2c1n(-c1ccc3oc4ccccc4c3c1)c1ccccc21. The second kappa shape index (κ2) is 9.35. The van der Waals surface area contributed by atoms with E-state index in [0.717, 1.165) is 56.0 Å². The Balaban J connectivity index is 1.02. The smallest absolute Gasteiger partial charge is 0.135 e. The first-order valence-electron chi connectivity index (χ1n) is 15.5. The molecule has 3 nitrogen and oxygen atoms in total. The van der Waals surface area contributed by atoms with E-state index in [1.54, 1.807) is 0 Å². The molecule has 0 N–H and O–H groups in total. The van der Waals surface area contributed by atoms with E-state index in [1.165, 1.54) is 38.9 Å². The zero-order valence-corrected chi connectivity index (χ0v) is 24.4. The first-order chi connectivity index (χ1) is 22.3. The third-order valence-corrected chi connectivity index (χ3v) is 9.60. The van der Waals surface area contributed by atoms with Crippen LogP contribution < -0.4 is 0 Å². The number of hydrogen-bond acceptors (Lipinski definition) is 2. The van der Waals surface area contributed by atoms with Crippen molar-refractivity contribution in [2.24, 2.45) is 0 Å². The Morgan fingerprint density at radius 1 is 0.511 bits per heavy atom. The molecule has 1 aliphatic rings. The van der Waals surface area contributed by atoms with Crippen molar-refractivity contribution in [2.45, 2.75) is 12.3 Å². The van der Waals surface area contributed by atoms with Gasteiger partial charge in [-0.05, 0) is 83.3 Å². The summed E-state index contributed by atoms with van der Waals surface area (Å²) in [5.74, 6) is 0.311. The summed E-state index contributed by atoms with van der Waals surface area (Å²) in [4.78, 5) is 0. The van der Waals surface area contributed by atoms with Crippen LogP contribution in [-0.2, 0) is 6.42 Å². The number of hydrogen-bond donors (Lipinski definition) is 0. The van der Waals surface area contributed by atoms with Gasteiger partial charge < -0.3 is 13.4 Å². The molecule has 0 radical (unpaired) electrons. The van der Waals surface area contributed by atoms with Gasteiger partial charge in [-0.25, -0.2) is 0 Å². The van der Waals surface area contributed by atoms with E-state index >= 15 is 0 Å². The van der Waals surface area contributed by atoms with Crippen LogP contribution in [-0.4, -0.2) is 4.57 Å². The van der Waals surface area contributed by atoms with E-state index in [0.29, 0.717) is 5.92 Å². The van der Waals surface area contributed by atoms with Crippen molar-refractivity contribution in [3.63, 3.8) is 0 Å². The summed E-state index contributed by atoms with van der Waals surface area (Å²) in [6.07, 6.45) is 5.66. The quantitative estimate of drug-likeness (QED) is 0.209. The maximum Gasteiger partial charge on any atom is 0.135 e. The number of nitrogens with zero attached hydrogens (tertiary/aromatic N) is 1. The average Bonchev–Trinajstić information content (AvgIpc) is 3.77. The Morgan fingerprint density at radius 3 is 1.87 bits per heavy atom. The summed E-state index contributed by atoms with van der Waals surface area (Å²) in [6.45, 7) is 0. The molecule has 10 rings (SSSR count). The lowest BCUT2D eigenvalue weighted by molar-refractivity contribution is 0.668. The molecular weight excluding hydrogens is 550 g/mol. The molecule has 0 saturated heterocycles. The molecule has 3 aromatic heterocycles. The van der Waals surface area contributed by atoms with Crippen LogP contribution in [0.2, 0.25) is 0 Å². The van der Waals surface area contributed by atoms with Gasteiger partial charge in [0.1, 0.15) is 22.3 Å². The van der Waals surface area contributed by atoms with Crippen molar-refractivity contribution in [1.29, 1.82) is 0 Å². The van der Waals surface area contributed by atoms with Crippen LogP contribution in [0.1, 0.15) is 22.7 Å². The summed E-state index contributed by atoms with van der Waals surface area (Å²) in [7, 11) is 0. The van der Waals surface area contributed by atoms with E-state index in [2.05, 4.69) is 126 Å². The van der Waals surface area contributed by atoms with E-state index in [1.807, 2.05) is 24.3 Å². The van der Waals surface area contributed by atoms with Gasteiger partial charge in [-0.3, -0.25) is 0 Å². The molecule has 1 atom stereocenters. The van der Waals surface area contributed by atoms with Crippen LogP contribution in [0.25, 0.3) is 77.7 Å². The summed E-state index contributed by atoms with van der Waals surface area (Å²) in [6, 6.07) is 47.5. The standard InChI is InChI=1S/C42H27NO2/c1-4-10-37-31(7-1)34-23-28(17-20-38(34)43(37)30-19-22-42-36(25-30)33-9-3-6-12-40(33)45-42)26-13-15-27(16-14-26)29-18-21-41-35(24-29)32-8-2-5-11-39(32)44-41/h1-22,24-25,28H,23H2. The molecule has 0 fully saturated rings. The lowest BCUT2D eigenvalue weighted by Gasteiger charge is -2.20. The average molecular weight is 578 g/mol. The minimum atomic E-state index is 0.311. The van der Waals surface area contributed by atoms with Gasteiger partial charge in [-0.15, -0.1) is 0 Å². The predicted molar refractivity (Wildman–Crippen MR) is 185 cm³/mol. The fourth-order valence-electron chi connectivity index (χ4n) is 7.40. The number of fused-ring (bicyclic) bond motifs is 9. The third-order valence-electron chi connectivity index (χ3n) is 9.60. The summed E-state index contributed by atoms with van der Waals surface area (Å²) in [5.41, 5.74) is 12.5. The van der Waals surface area contributed by atoms with Crippen molar-refractivity contribution >= 4 is 60.9 Å². The number of allylic oxidation sites excluding steroid dienone is 1. The van der Waals surface area contributed by atoms with Gasteiger partial charge >= 0.3 is 0 Å². The molecule has 0 amide bonds. The maximum absolute atomic E-state index is 6.13. The van der Waals surface area contributed by atoms with Crippen LogP contribution in [0.15, 0.2) is 148 Å². The molecular formula is C42H27NO2. The number of aromatic nitrogens is 1. The lowest BCUT2D eigenvalue weighted by Crippen LogP contribution is -2.07. The lowest BCUT2D eigenvalue weighted by atomic mass is 9.86. The van der Waals surface area contributed by atoms with Crippen molar-refractivity contribution in [1.82, 2.24) is 4.57 Å². The van der Waals surface area contributed by atoms with Crippen LogP contribution in [0.4, 0.5) is 0 Å². The molecule has 3 heterocycles. The highest BCUT2D eigenvalue weighted by molar-refractivity contribution is 6.07. The summed E-state index contributed by atoms with van der Waals surface area (Å²) >= 11 is 0. The summed E-state index contributed by atoms with van der Waals surface area (Å²) in [5, 5.41) is 5.93. The van der Waals surface area contributed by atoms with Gasteiger partial charge in [0.05, 0.1) is 5.52 Å². The first kappa shape index (κ1) is 24.6. The van der Waals surface area contributed by atoms with E-state index in [4.69, 9.17) is 8.83 Å². The Kier molecular flexibility index (Phi) is 5.11. The van der Waals surface area contributed by atoms with Gasteiger partial charge in [0.25, 0.3) is 0 Å². The molecule has 212 valence electrons. The molecule has 45 heavy (non-hydrogen) atoms. The van der Waals surface area contributed by atoms with Gasteiger partial charge in [0, 0.05) is 44.2 Å². The molecule has 0 aliphatic heterocycles. The van der Waals surface area contributed by atoms with Crippen molar-refractivity contribution < 1.29 is 8.83 Å². The Morgan fingerprint density at radius 2 is 1.11 bits per heavy atom. The second-order valence-electron chi connectivity index (χ2n) is 12.1. The Hall–Kier alpha value is -5.80. The Labute approximate surface area is 259 Å². The molecule has 1 unspecified atom stereocenters. The summed E-state index contributed by atoms with van der Waals surface area (Å²) < 4.78 is 14.6. The highest BCUT2D eigenvalue weighted by atomic mass is 16.3. The largest absolute Gasteiger partial charge is 0.456 e. The topological polar surface area (TPSA) is 31.2 Å². The second-order valence-corrected chi connectivity index (χ2v) is 12.1. The van der Waals surface area contributed by atoms with E-state index < -0.39 is 0 Å². The van der Waals surface area contributed by atoms with Crippen LogP contribution in [0, 0.1) is 0 Å². The first-order valence-corrected chi connectivity index (χ1v) is 15.5. The number of rotatable bonds is 3.